The second-order valence-corrected chi connectivity index (χ2v) is 6.02. The molecule has 4 heteroatoms. The fourth-order valence-electron chi connectivity index (χ4n) is 2.00. The van der Waals surface area contributed by atoms with Crippen molar-refractivity contribution < 1.29 is 9.31 Å². The monoisotopic (exact) mass is 287 g/mol. The van der Waals surface area contributed by atoms with Gasteiger partial charge in [0.1, 0.15) is 0 Å². The number of halogens is 1. The summed E-state index contributed by atoms with van der Waals surface area (Å²) in [5, 5.41) is 0. The van der Waals surface area contributed by atoms with Crippen LogP contribution in [-0.4, -0.2) is 24.6 Å². The van der Waals surface area contributed by atoms with E-state index >= 15 is 0 Å². The van der Waals surface area contributed by atoms with Gasteiger partial charge in [-0.3, -0.25) is 0 Å². The first-order valence-corrected chi connectivity index (χ1v) is 7.97. The van der Waals surface area contributed by atoms with E-state index in [0.29, 0.717) is 5.88 Å². The molecule has 0 aromatic heterocycles. The van der Waals surface area contributed by atoms with Gasteiger partial charge in [-0.2, -0.15) is 0 Å². The van der Waals surface area contributed by atoms with Gasteiger partial charge in [0.15, 0.2) is 0 Å². The molecule has 1 atom stereocenters. The lowest BCUT2D eigenvalue weighted by Gasteiger charge is -2.45. The maximum absolute atomic E-state index is 6.12. The van der Waals surface area contributed by atoms with E-state index in [0.717, 1.165) is 19.3 Å². The lowest BCUT2D eigenvalue weighted by molar-refractivity contribution is 0.109. The highest BCUT2D eigenvalue weighted by molar-refractivity contribution is 6.77. The molecular formula is C15H29BClO2-. The van der Waals surface area contributed by atoms with Crippen molar-refractivity contribution in [3.8, 4) is 11.7 Å². The highest BCUT2D eigenvalue weighted by Crippen LogP contribution is 2.29. The van der Waals surface area contributed by atoms with Crippen molar-refractivity contribution in [3.05, 3.63) is 0 Å². The predicted molar refractivity (Wildman–Crippen MR) is 85.6 cm³/mol. The SMILES string of the molecule is CCC(C)[B-](C#CCCCCl)(OC(C)C)OC(C)C. The van der Waals surface area contributed by atoms with Crippen molar-refractivity contribution in [2.45, 2.75) is 78.8 Å². The van der Waals surface area contributed by atoms with Gasteiger partial charge < -0.3 is 9.31 Å². The molecule has 19 heavy (non-hydrogen) atoms. The van der Waals surface area contributed by atoms with Gasteiger partial charge in [0.2, 0.25) is 0 Å². The molecule has 0 bridgehead atoms. The highest BCUT2D eigenvalue weighted by atomic mass is 35.5. The normalized spacial score (nSPS) is 13.5. The van der Waals surface area contributed by atoms with E-state index < -0.39 is 6.55 Å². The molecule has 0 fully saturated rings. The van der Waals surface area contributed by atoms with E-state index in [1.807, 2.05) is 27.7 Å². The quantitative estimate of drug-likeness (QED) is 0.280. The van der Waals surface area contributed by atoms with Gasteiger partial charge in [0, 0.05) is 24.5 Å². The minimum Gasteiger partial charge on any atom is -0.556 e. The first-order chi connectivity index (χ1) is 8.88. The minimum absolute atomic E-state index is 0.107. The highest BCUT2D eigenvalue weighted by Gasteiger charge is 2.32. The van der Waals surface area contributed by atoms with Crippen molar-refractivity contribution >= 4 is 18.2 Å². The Hall–Kier alpha value is -0.165. The third-order valence-electron chi connectivity index (χ3n) is 3.08. The largest absolute Gasteiger partial charge is 0.556 e. The summed E-state index contributed by atoms with van der Waals surface area (Å²) >= 11 is 5.68. The minimum atomic E-state index is -1.56. The standard InChI is InChI=1S/C15H29BClO2/c1-7-15(6)16(18-13(2)3,19-14(4)5)11-9-8-10-12-17/h13-15H,7-8,10,12H2,1-6H3/q-1. The molecule has 0 radical (unpaired) electrons. The van der Waals surface area contributed by atoms with E-state index in [1.54, 1.807) is 0 Å². The maximum Gasteiger partial charge on any atom is 0.317 e. The number of unbranched alkanes of at least 4 members (excludes halogenated alkanes) is 1. The van der Waals surface area contributed by atoms with Gasteiger partial charge in [-0.15, -0.1) is 23.3 Å². The first-order valence-electron chi connectivity index (χ1n) is 7.44. The molecule has 0 spiro atoms. The third kappa shape index (κ3) is 7.25. The smallest absolute Gasteiger partial charge is 0.317 e. The van der Waals surface area contributed by atoms with Crippen molar-refractivity contribution in [1.29, 1.82) is 0 Å². The molecule has 1 unspecified atom stereocenters. The van der Waals surface area contributed by atoms with Crippen LogP contribution in [0.3, 0.4) is 0 Å². The molecule has 0 aliphatic rings. The van der Waals surface area contributed by atoms with Crippen LogP contribution in [0.4, 0.5) is 0 Å². The van der Waals surface area contributed by atoms with E-state index in [1.165, 1.54) is 0 Å². The van der Waals surface area contributed by atoms with Crippen molar-refractivity contribution in [1.82, 2.24) is 0 Å². The van der Waals surface area contributed by atoms with Crippen LogP contribution in [-0.2, 0) is 9.31 Å². The fraction of sp³-hybridized carbons (Fsp3) is 0.867. The second kappa shape index (κ2) is 9.69. The lowest BCUT2D eigenvalue weighted by Crippen LogP contribution is -2.48. The zero-order valence-corrected chi connectivity index (χ0v) is 14.1. The third-order valence-corrected chi connectivity index (χ3v) is 3.35. The summed E-state index contributed by atoms with van der Waals surface area (Å²) in [6.07, 6.45) is 2.91. The van der Waals surface area contributed by atoms with E-state index in [9.17, 15) is 0 Å². The fourth-order valence-corrected chi connectivity index (χ4v) is 2.13. The van der Waals surface area contributed by atoms with Crippen LogP contribution in [0.1, 0.15) is 60.8 Å². The molecule has 0 aliphatic carbocycles. The summed E-state index contributed by atoms with van der Waals surface area (Å²) in [5.41, 5.74) is 0. The Labute approximate surface area is 124 Å². The number of hydrogen-bond acceptors (Lipinski definition) is 2. The Morgan fingerprint density at radius 2 is 1.58 bits per heavy atom. The molecule has 0 rings (SSSR count). The molecule has 112 valence electrons. The molecule has 0 aromatic rings. The Bertz CT molecular complexity index is 284. The average Bonchev–Trinajstić information content (AvgIpc) is 2.31. The van der Waals surface area contributed by atoms with Crippen LogP contribution in [0.25, 0.3) is 0 Å². The van der Waals surface area contributed by atoms with E-state index in [2.05, 4.69) is 25.6 Å². The molecule has 0 saturated carbocycles. The van der Waals surface area contributed by atoms with Crippen LogP contribution >= 0.6 is 11.6 Å². The second-order valence-electron chi connectivity index (χ2n) is 5.64. The van der Waals surface area contributed by atoms with Crippen molar-refractivity contribution in [2.24, 2.45) is 0 Å². The van der Waals surface area contributed by atoms with Gasteiger partial charge in [-0.05, 0) is 34.1 Å². The number of alkyl halides is 1. The summed E-state index contributed by atoms with van der Waals surface area (Å²) in [5.74, 6) is 7.42. The first kappa shape index (κ1) is 18.8. The van der Waals surface area contributed by atoms with Crippen molar-refractivity contribution in [2.75, 3.05) is 5.88 Å². The number of hydrogen-bond donors (Lipinski definition) is 0. The molecule has 0 N–H and O–H groups in total. The predicted octanol–water partition coefficient (Wildman–Crippen LogP) is 4.64. The summed E-state index contributed by atoms with van der Waals surface area (Å²) in [6.45, 7) is 10.9. The van der Waals surface area contributed by atoms with Gasteiger partial charge >= 0.3 is 6.55 Å². The van der Waals surface area contributed by atoms with Crippen LogP contribution in [0.15, 0.2) is 0 Å². The maximum atomic E-state index is 6.12. The molecule has 0 aromatic carbocycles. The Kier molecular flexibility index (Phi) is 9.61. The summed E-state index contributed by atoms with van der Waals surface area (Å²) in [4.78, 5) is 0. The Morgan fingerprint density at radius 1 is 1.05 bits per heavy atom. The topological polar surface area (TPSA) is 18.5 Å². The van der Waals surface area contributed by atoms with Gasteiger partial charge in [-0.25, -0.2) is 5.82 Å². The zero-order valence-electron chi connectivity index (χ0n) is 13.3. The molecular weight excluding hydrogens is 258 g/mol. The van der Waals surface area contributed by atoms with Crippen LogP contribution in [0.2, 0.25) is 5.82 Å². The summed E-state index contributed by atoms with van der Waals surface area (Å²) in [6, 6.07) is 0. The van der Waals surface area contributed by atoms with Crippen LogP contribution < -0.4 is 0 Å². The molecule has 0 aliphatic heterocycles. The van der Waals surface area contributed by atoms with Crippen LogP contribution in [0, 0.1) is 11.7 Å². The molecule has 2 nitrogen and oxygen atoms in total. The van der Waals surface area contributed by atoms with Gasteiger partial charge in [0.05, 0.1) is 0 Å². The Morgan fingerprint density at radius 3 is 1.95 bits per heavy atom. The van der Waals surface area contributed by atoms with Gasteiger partial charge in [0.25, 0.3) is 0 Å². The summed E-state index contributed by atoms with van der Waals surface area (Å²) < 4.78 is 12.2. The number of rotatable bonds is 8. The van der Waals surface area contributed by atoms with E-state index in [-0.39, 0.29) is 18.0 Å². The average molecular weight is 288 g/mol. The van der Waals surface area contributed by atoms with Crippen LogP contribution in [0.5, 0.6) is 0 Å². The zero-order chi connectivity index (χ0) is 14.9. The Balaban J connectivity index is 5.14. The van der Waals surface area contributed by atoms with Crippen molar-refractivity contribution in [3.63, 3.8) is 0 Å². The molecule has 0 heterocycles. The molecule has 0 saturated heterocycles. The van der Waals surface area contributed by atoms with E-state index in [4.69, 9.17) is 20.9 Å². The summed E-state index contributed by atoms with van der Waals surface area (Å²) in [7, 11) is 0. The molecule has 0 amide bonds. The lowest BCUT2D eigenvalue weighted by atomic mass is 9.47. The van der Waals surface area contributed by atoms with Gasteiger partial charge in [-0.1, -0.05) is 20.3 Å².